The van der Waals surface area contributed by atoms with Gasteiger partial charge in [-0.25, -0.2) is 0 Å². The predicted molar refractivity (Wildman–Crippen MR) is 74.1 cm³/mol. The van der Waals surface area contributed by atoms with Gasteiger partial charge in [0.25, 0.3) is 0 Å². The lowest BCUT2D eigenvalue weighted by atomic mass is 10.2. The van der Waals surface area contributed by atoms with Crippen LogP contribution in [0.2, 0.25) is 0 Å². The number of hydrogen-bond donors (Lipinski definition) is 0. The van der Waals surface area contributed by atoms with Crippen LogP contribution in [-0.4, -0.2) is 24.9 Å². The third kappa shape index (κ3) is 1.66. The molecule has 1 aromatic heterocycles. The standard InChI is InChI=1S/C11H10IN3S/c12-6-9-7-16-11-14-13-10(15(9)11)8-4-2-1-3-5-8/h1-5,9H,6-7H2. The summed E-state index contributed by atoms with van der Waals surface area (Å²) < 4.78 is 3.38. The summed E-state index contributed by atoms with van der Waals surface area (Å²) in [6.45, 7) is 0. The molecule has 2 heterocycles. The predicted octanol–water partition coefficient (Wildman–Crippen LogP) is 3.03. The maximum atomic E-state index is 4.30. The van der Waals surface area contributed by atoms with Crippen molar-refractivity contribution >= 4 is 34.4 Å². The average molecular weight is 343 g/mol. The molecular formula is C11H10IN3S. The summed E-state index contributed by atoms with van der Waals surface area (Å²) >= 11 is 4.23. The minimum absolute atomic E-state index is 0.533. The van der Waals surface area contributed by atoms with Crippen molar-refractivity contribution in [2.24, 2.45) is 0 Å². The van der Waals surface area contributed by atoms with E-state index in [0.717, 1.165) is 26.7 Å². The molecule has 82 valence electrons. The van der Waals surface area contributed by atoms with E-state index in [2.05, 4.69) is 49.5 Å². The van der Waals surface area contributed by atoms with Gasteiger partial charge in [-0.3, -0.25) is 4.57 Å². The molecule has 16 heavy (non-hydrogen) atoms. The highest BCUT2D eigenvalue weighted by atomic mass is 127. The number of hydrogen-bond acceptors (Lipinski definition) is 3. The summed E-state index contributed by atoms with van der Waals surface area (Å²) in [6, 6.07) is 10.8. The van der Waals surface area contributed by atoms with Gasteiger partial charge in [-0.05, 0) is 0 Å². The number of thioether (sulfide) groups is 1. The highest BCUT2D eigenvalue weighted by Crippen LogP contribution is 2.36. The van der Waals surface area contributed by atoms with Gasteiger partial charge in [0.1, 0.15) is 0 Å². The second-order valence-corrected chi connectivity index (χ2v) is 5.53. The van der Waals surface area contributed by atoms with Gasteiger partial charge >= 0.3 is 0 Å². The van der Waals surface area contributed by atoms with Crippen LogP contribution in [-0.2, 0) is 0 Å². The lowest BCUT2D eigenvalue weighted by Gasteiger charge is -2.10. The first-order valence-electron chi connectivity index (χ1n) is 5.09. The van der Waals surface area contributed by atoms with E-state index in [1.165, 1.54) is 0 Å². The van der Waals surface area contributed by atoms with Crippen molar-refractivity contribution in [2.45, 2.75) is 11.2 Å². The Balaban J connectivity index is 2.10. The number of nitrogens with zero attached hydrogens (tertiary/aromatic N) is 3. The number of benzene rings is 1. The molecule has 5 heteroatoms. The number of aromatic nitrogens is 3. The Hall–Kier alpha value is -0.560. The fraction of sp³-hybridized carbons (Fsp3) is 0.273. The van der Waals surface area contributed by atoms with Crippen molar-refractivity contribution in [3.63, 3.8) is 0 Å². The van der Waals surface area contributed by atoms with Gasteiger partial charge < -0.3 is 0 Å². The molecule has 0 N–H and O–H groups in total. The third-order valence-electron chi connectivity index (χ3n) is 2.64. The summed E-state index contributed by atoms with van der Waals surface area (Å²) in [5, 5.41) is 9.59. The van der Waals surface area contributed by atoms with Crippen molar-refractivity contribution in [3.05, 3.63) is 30.3 Å². The monoisotopic (exact) mass is 343 g/mol. The fourth-order valence-electron chi connectivity index (χ4n) is 1.85. The lowest BCUT2D eigenvalue weighted by Crippen LogP contribution is -2.09. The normalized spacial score (nSPS) is 18.7. The van der Waals surface area contributed by atoms with Gasteiger partial charge in [-0.2, -0.15) is 0 Å². The van der Waals surface area contributed by atoms with Gasteiger partial charge in [-0.15, -0.1) is 10.2 Å². The molecule has 1 aliphatic rings. The topological polar surface area (TPSA) is 30.7 Å². The van der Waals surface area contributed by atoms with Crippen LogP contribution >= 0.6 is 34.4 Å². The van der Waals surface area contributed by atoms with Gasteiger partial charge in [-0.1, -0.05) is 64.7 Å². The largest absolute Gasteiger partial charge is 0.297 e. The van der Waals surface area contributed by atoms with Gasteiger partial charge in [0, 0.05) is 15.7 Å². The number of rotatable bonds is 2. The Morgan fingerprint density at radius 1 is 1.31 bits per heavy atom. The van der Waals surface area contributed by atoms with Crippen LogP contribution in [0.4, 0.5) is 0 Å². The lowest BCUT2D eigenvalue weighted by molar-refractivity contribution is 0.604. The Morgan fingerprint density at radius 3 is 2.88 bits per heavy atom. The molecule has 0 aliphatic carbocycles. The molecule has 1 aliphatic heterocycles. The highest BCUT2D eigenvalue weighted by Gasteiger charge is 2.27. The molecule has 3 nitrogen and oxygen atoms in total. The molecule has 1 unspecified atom stereocenters. The molecule has 3 rings (SSSR count). The molecule has 0 fully saturated rings. The van der Waals surface area contributed by atoms with Gasteiger partial charge in [0.05, 0.1) is 6.04 Å². The molecular weight excluding hydrogens is 333 g/mol. The van der Waals surface area contributed by atoms with Crippen LogP contribution in [0, 0.1) is 0 Å². The van der Waals surface area contributed by atoms with E-state index in [9.17, 15) is 0 Å². The van der Waals surface area contributed by atoms with Gasteiger partial charge in [0.2, 0.25) is 0 Å². The van der Waals surface area contributed by atoms with E-state index in [0.29, 0.717) is 6.04 Å². The Kier molecular flexibility index (Phi) is 2.89. The smallest absolute Gasteiger partial charge is 0.191 e. The maximum absolute atomic E-state index is 4.30. The van der Waals surface area contributed by atoms with E-state index < -0.39 is 0 Å². The molecule has 0 saturated carbocycles. The summed E-state index contributed by atoms with van der Waals surface area (Å²) in [5.41, 5.74) is 1.15. The second-order valence-electron chi connectivity index (χ2n) is 3.66. The maximum Gasteiger partial charge on any atom is 0.191 e. The van der Waals surface area contributed by atoms with E-state index in [4.69, 9.17) is 0 Å². The first-order chi connectivity index (χ1) is 7.90. The molecule has 2 aromatic rings. The van der Waals surface area contributed by atoms with Crippen LogP contribution in [0.25, 0.3) is 11.4 Å². The van der Waals surface area contributed by atoms with Crippen molar-refractivity contribution in [1.82, 2.24) is 14.8 Å². The molecule has 1 aromatic carbocycles. The summed E-state index contributed by atoms with van der Waals surface area (Å²) in [6.07, 6.45) is 0. The minimum Gasteiger partial charge on any atom is -0.297 e. The number of alkyl halides is 1. The first-order valence-corrected chi connectivity index (χ1v) is 7.60. The van der Waals surface area contributed by atoms with Crippen LogP contribution in [0.3, 0.4) is 0 Å². The summed E-state index contributed by atoms with van der Waals surface area (Å²) in [7, 11) is 0. The quantitative estimate of drug-likeness (QED) is 0.620. The first kappa shape index (κ1) is 10.6. The molecule has 0 bridgehead atoms. The zero-order chi connectivity index (χ0) is 11.0. The molecule has 0 saturated heterocycles. The van der Waals surface area contributed by atoms with Crippen LogP contribution in [0.5, 0.6) is 0 Å². The van der Waals surface area contributed by atoms with Crippen LogP contribution < -0.4 is 0 Å². The van der Waals surface area contributed by atoms with Crippen molar-refractivity contribution in [2.75, 3.05) is 10.2 Å². The molecule has 1 atom stereocenters. The zero-order valence-electron chi connectivity index (χ0n) is 8.51. The second kappa shape index (κ2) is 4.37. The molecule has 0 amide bonds. The van der Waals surface area contributed by atoms with Crippen molar-refractivity contribution in [1.29, 1.82) is 0 Å². The van der Waals surface area contributed by atoms with Crippen LogP contribution in [0.1, 0.15) is 6.04 Å². The van der Waals surface area contributed by atoms with E-state index >= 15 is 0 Å². The minimum atomic E-state index is 0.533. The summed E-state index contributed by atoms with van der Waals surface area (Å²) in [4.78, 5) is 0. The Morgan fingerprint density at radius 2 is 2.12 bits per heavy atom. The zero-order valence-corrected chi connectivity index (χ0v) is 11.5. The molecule has 0 spiro atoms. The van der Waals surface area contributed by atoms with Crippen LogP contribution in [0.15, 0.2) is 35.5 Å². The number of fused-ring (bicyclic) bond motifs is 1. The summed E-state index contributed by atoms with van der Waals surface area (Å²) in [5.74, 6) is 2.12. The Bertz CT molecular complexity index is 497. The highest BCUT2D eigenvalue weighted by molar-refractivity contribution is 14.1. The molecule has 0 radical (unpaired) electrons. The van der Waals surface area contributed by atoms with E-state index in [-0.39, 0.29) is 0 Å². The number of halogens is 1. The Labute approximate surface area is 112 Å². The van der Waals surface area contributed by atoms with E-state index in [1.807, 2.05) is 18.2 Å². The SMILES string of the molecule is ICC1CSc2nnc(-c3ccccc3)n21. The fourth-order valence-corrected chi connectivity index (χ4v) is 4.06. The third-order valence-corrected chi connectivity index (χ3v) is 4.75. The van der Waals surface area contributed by atoms with Crippen molar-refractivity contribution in [3.8, 4) is 11.4 Å². The average Bonchev–Trinajstić information content (AvgIpc) is 2.90. The van der Waals surface area contributed by atoms with E-state index in [1.54, 1.807) is 11.8 Å². The van der Waals surface area contributed by atoms with Crippen molar-refractivity contribution < 1.29 is 0 Å². The van der Waals surface area contributed by atoms with Gasteiger partial charge in [0.15, 0.2) is 11.0 Å².